The number of alkyl halides is 1. The molecule has 3 saturated carbocycles. The van der Waals surface area contributed by atoms with Crippen molar-refractivity contribution in [3.8, 4) is 0 Å². The number of likely N-dealkylation sites (tertiary alicyclic amines) is 1. The van der Waals surface area contributed by atoms with Gasteiger partial charge >= 0.3 is 6.09 Å². The van der Waals surface area contributed by atoms with Gasteiger partial charge in [0, 0.05) is 51.4 Å². The molecule has 4 heterocycles. The summed E-state index contributed by atoms with van der Waals surface area (Å²) in [7, 11) is 2.16. The van der Waals surface area contributed by atoms with Crippen LogP contribution in [0, 0.1) is 17.8 Å². The van der Waals surface area contributed by atoms with Crippen molar-refractivity contribution >= 4 is 17.8 Å². The Bertz CT molecular complexity index is 1270. The number of Topliss-reactive ketones (excluding diaryl/α,β-unsaturated/α-hetero) is 1. The highest BCUT2D eigenvalue weighted by Gasteiger charge is 2.60. The maximum atomic E-state index is 16.4. The van der Waals surface area contributed by atoms with Crippen LogP contribution < -0.4 is 10.6 Å². The Morgan fingerprint density at radius 1 is 1.02 bits per heavy atom. The third-order valence-electron chi connectivity index (χ3n) is 12.5. The highest BCUT2D eigenvalue weighted by atomic mass is 19.1. The van der Waals surface area contributed by atoms with Crippen LogP contribution in [0.2, 0.25) is 0 Å². The van der Waals surface area contributed by atoms with E-state index in [1.807, 2.05) is 27.0 Å². The molecule has 6 fully saturated rings. The number of fused-ring (bicyclic) bond motifs is 4. The van der Waals surface area contributed by atoms with E-state index in [1.54, 1.807) is 4.90 Å². The van der Waals surface area contributed by atoms with Crippen molar-refractivity contribution in [3.05, 3.63) is 11.8 Å². The minimum Gasteiger partial charge on any atom is -0.444 e. The highest BCUT2D eigenvalue weighted by Crippen LogP contribution is 2.51. The summed E-state index contributed by atoms with van der Waals surface area (Å²) in [5, 5.41) is 6.47. The molecule has 2 amide bonds. The number of alkyl carbamates (subject to hydrolysis) is 1. The van der Waals surface area contributed by atoms with Gasteiger partial charge in [-0.1, -0.05) is 19.3 Å². The Balaban J connectivity index is 1.09. The summed E-state index contributed by atoms with van der Waals surface area (Å²) in [4.78, 5) is 49.5. The van der Waals surface area contributed by atoms with Gasteiger partial charge in [0.2, 0.25) is 0 Å². The van der Waals surface area contributed by atoms with Crippen LogP contribution in [0.15, 0.2) is 11.8 Å². The fourth-order valence-corrected chi connectivity index (χ4v) is 10.1. The number of hydrogen-bond donors (Lipinski definition) is 2. The molecule has 0 bridgehead atoms. The number of ether oxygens (including phenoxy) is 2. The van der Waals surface area contributed by atoms with Crippen LogP contribution in [0.4, 0.5) is 9.18 Å². The molecule has 0 aromatic rings. The van der Waals surface area contributed by atoms with Gasteiger partial charge < -0.3 is 39.7 Å². The Hall–Kier alpha value is -2.28. The number of rotatable bonds is 7. The number of piperazine rings is 1. The Morgan fingerprint density at radius 3 is 2.57 bits per heavy atom. The van der Waals surface area contributed by atoms with Crippen LogP contribution in [0.5, 0.6) is 0 Å². The van der Waals surface area contributed by atoms with Gasteiger partial charge in [0.25, 0.3) is 5.91 Å². The monoisotopic (exact) mass is 686 g/mol. The van der Waals surface area contributed by atoms with E-state index in [4.69, 9.17) is 9.47 Å². The zero-order valence-corrected chi connectivity index (χ0v) is 30.1. The topological polar surface area (TPSA) is 107 Å². The molecule has 7 rings (SSSR count). The van der Waals surface area contributed by atoms with E-state index in [0.29, 0.717) is 37.9 Å². The normalized spacial score (nSPS) is 38.3. The number of likely N-dealkylation sites (N-methyl/N-ethyl adjacent to an activating group) is 1. The van der Waals surface area contributed by atoms with Gasteiger partial charge in [-0.2, -0.15) is 0 Å². The summed E-state index contributed by atoms with van der Waals surface area (Å²) >= 11 is 0. The molecule has 12 heteroatoms. The predicted octanol–water partition coefficient (Wildman–Crippen LogP) is 2.94. The average molecular weight is 687 g/mol. The molecule has 7 aliphatic rings. The second kappa shape index (κ2) is 14.4. The number of halogens is 1. The molecular formula is C37H59FN6O5. The van der Waals surface area contributed by atoms with Gasteiger partial charge in [-0.05, 0) is 91.3 Å². The summed E-state index contributed by atoms with van der Waals surface area (Å²) in [6, 6.07) is -0.948. The molecule has 3 saturated heterocycles. The number of morpholine rings is 1. The van der Waals surface area contributed by atoms with Crippen LogP contribution in [0.1, 0.15) is 78.6 Å². The minimum atomic E-state index is -1.24. The van der Waals surface area contributed by atoms with Gasteiger partial charge in [-0.25, -0.2) is 9.18 Å². The second-order valence-electron chi connectivity index (χ2n) is 17.0. The highest BCUT2D eigenvalue weighted by molar-refractivity contribution is 6.20. The third kappa shape index (κ3) is 7.39. The molecule has 11 nitrogen and oxygen atoms in total. The van der Waals surface area contributed by atoms with E-state index in [9.17, 15) is 14.4 Å². The Morgan fingerprint density at radius 2 is 1.80 bits per heavy atom. The molecule has 4 aliphatic heterocycles. The quantitative estimate of drug-likeness (QED) is 0.309. The van der Waals surface area contributed by atoms with E-state index < -0.39 is 35.9 Å². The zero-order valence-electron chi connectivity index (χ0n) is 30.1. The van der Waals surface area contributed by atoms with Gasteiger partial charge in [-0.15, -0.1) is 0 Å². The van der Waals surface area contributed by atoms with E-state index >= 15 is 4.39 Å². The van der Waals surface area contributed by atoms with Gasteiger partial charge in [0.05, 0.1) is 41.9 Å². The van der Waals surface area contributed by atoms with Crippen molar-refractivity contribution < 1.29 is 28.2 Å². The van der Waals surface area contributed by atoms with Crippen molar-refractivity contribution in [2.45, 2.75) is 127 Å². The molecule has 9 unspecified atom stereocenters. The number of nitrogens with zero attached hydrogens (tertiary/aromatic N) is 4. The van der Waals surface area contributed by atoms with Crippen LogP contribution in [-0.4, -0.2) is 145 Å². The molecule has 274 valence electrons. The first-order valence-electron chi connectivity index (χ1n) is 19.2. The molecule has 0 spiro atoms. The lowest BCUT2D eigenvalue weighted by atomic mass is 9.64. The predicted molar refractivity (Wildman–Crippen MR) is 184 cm³/mol. The minimum absolute atomic E-state index is 0.0316. The van der Waals surface area contributed by atoms with Crippen molar-refractivity contribution in [3.63, 3.8) is 0 Å². The number of amides is 2. The summed E-state index contributed by atoms with van der Waals surface area (Å²) in [6.45, 7) is 12.2. The second-order valence-corrected chi connectivity index (χ2v) is 17.0. The van der Waals surface area contributed by atoms with Crippen LogP contribution in [0.25, 0.3) is 0 Å². The zero-order chi connectivity index (χ0) is 34.4. The van der Waals surface area contributed by atoms with Crippen molar-refractivity contribution in [1.82, 2.24) is 30.2 Å². The number of ketones is 1. The molecular weight excluding hydrogens is 627 g/mol. The van der Waals surface area contributed by atoms with Crippen molar-refractivity contribution in [1.29, 1.82) is 0 Å². The lowest BCUT2D eigenvalue weighted by Gasteiger charge is -2.61. The summed E-state index contributed by atoms with van der Waals surface area (Å²) in [5.41, 5.74) is -0.457. The first kappa shape index (κ1) is 35.1. The molecule has 2 N–H and O–H groups in total. The lowest BCUT2D eigenvalue weighted by Crippen LogP contribution is -2.74. The van der Waals surface area contributed by atoms with Crippen LogP contribution in [0.3, 0.4) is 0 Å². The van der Waals surface area contributed by atoms with E-state index in [-0.39, 0.29) is 47.9 Å². The number of carbonyl (C=O) groups excluding carboxylic acids is 3. The summed E-state index contributed by atoms with van der Waals surface area (Å²) in [6.07, 6.45) is 8.10. The summed E-state index contributed by atoms with van der Waals surface area (Å²) < 4.78 is 28.9. The largest absolute Gasteiger partial charge is 0.444 e. The first-order valence-corrected chi connectivity index (χ1v) is 19.2. The van der Waals surface area contributed by atoms with Crippen LogP contribution >= 0.6 is 0 Å². The fourth-order valence-electron chi connectivity index (χ4n) is 10.1. The number of hydrogen-bond acceptors (Lipinski definition) is 9. The maximum Gasteiger partial charge on any atom is 0.407 e. The lowest BCUT2D eigenvalue weighted by molar-refractivity contribution is -0.220. The molecule has 49 heavy (non-hydrogen) atoms. The smallest absolute Gasteiger partial charge is 0.407 e. The van der Waals surface area contributed by atoms with E-state index in [1.165, 1.54) is 19.3 Å². The standard InChI is InChI=1S/C37H59FN6O5/c1-37(2,3)49-36(47)40-24-12-15-43(21-24)35(46)27-22-44-29-11-10-23-8-5-6-9-25(23)33(29)48-34-30(28(38)20-26(31(34)44)32(27)45)39-13-7-14-42-18-16-41(4)17-19-42/h22-26,28-31,33-34,39H,5-21H2,1-4H3,(H,40,47)/t23?,24-,25?,26?,28?,29?,30?,31?,33?,34?/m1/s1. The first-order chi connectivity index (χ1) is 23.5. The maximum absolute atomic E-state index is 16.4. The molecule has 0 radical (unpaired) electrons. The van der Waals surface area contributed by atoms with E-state index in [2.05, 4.69) is 32.4 Å². The Kier molecular flexibility index (Phi) is 10.3. The fraction of sp³-hybridized carbons (Fsp3) is 0.865. The van der Waals surface area contributed by atoms with Crippen molar-refractivity contribution in [2.75, 3.05) is 59.4 Å². The van der Waals surface area contributed by atoms with Gasteiger partial charge in [0.1, 0.15) is 11.8 Å². The number of nitrogens with one attached hydrogen (secondary N) is 2. The van der Waals surface area contributed by atoms with Gasteiger partial charge in [0.15, 0.2) is 5.78 Å². The average Bonchev–Trinajstić information content (AvgIpc) is 3.53. The van der Waals surface area contributed by atoms with Crippen molar-refractivity contribution in [2.24, 2.45) is 17.8 Å². The molecule has 0 aromatic heterocycles. The van der Waals surface area contributed by atoms with Gasteiger partial charge in [-0.3, -0.25) is 9.59 Å². The number of carbonyl (C=O) groups is 3. The molecule has 10 atom stereocenters. The van der Waals surface area contributed by atoms with E-state index in [0.717, 1.165) is 58.4 Å². The Labute approximate surface area is 291 Å². The SMILES string of the molecule is CN1CCN(CCCNC2C(F)CC3C(=O)C(C(=O)N4CC[C@@H](NC(=O)OC(C)(C)C)C4)=CN4C5CCC6CCCCC6C5OC2C34)CC1. The molecule has 0 aromatic carbocycles. The summed E-state index contributed by atoms with van der Waals surface area (Å²) in [5.74, 6) is -0.159. The third-order valence-corrected chi connectivity index (χ3v) is 12.5. The van der Waals surface area contributed by atoms with Crippen LogP contribution in [-0.2, 0) is 19.1 Å². The molecule has 3 aliphatic carbocycles.